The number of hydrogen-bond acceptors (Lipinski definition) is 1. The fourth-order valence-corrected chi connectivity index (χ4v) is 1.46. The van der Waals surface area contributed by atoms with Crippen molar-refractivity contribution in [2.45, 2.75) is 25.4 Å². The lowest BCUT2D eigenvalue weighted by Gasteiger charge is -2.27. The summed E-state index contributed by atoms with van der Waals surface area (Å²) in [6.45, 7) is 1.04. The Bertz CT molecular complexity index is 70.2. The van der Waals surface area contributed by atoms with Gasteiger partial charge in [-0.05, 0) is 25.2 Å². The molecule has 2 aliphatic rings. The Hall–Kier alpha value is -0.0400. The number of rotatable bonds is 0. The summed E-state index contributed by atoms with van der Waals surface area (Å²) in [6, 6.07) is 0. The van der Waals surface area contributed by atoms with Gasteiger partial charge >= 0.3 is 0 Å². The summed E-state index contributed by atoms with van der Waals surface area (Å²) in [5, 5.41) is 0. The number of ether oxygens (including phenoxy) is 1. The molecule has 7 heavy (non-hydrogen) atoms. The Morgan fingerprint density at radius 3 is 2.43 bits per heavy atom. The molecule has 0 bridgehead atoms. The van der Waals surface area contributed by atoms with Crippen LogP contribution < -0.4 is 0 Å². The minimum atomic E-state index is 0.694. The van der Waals surface area contributed by atoms with Crippen LogP contribution in [0.1, 0.15) is 19.3 Å². The average Bonchev–Trinajstić information content (AvgIpc) is 1.85. The molecule has 1 heterocycles. The molecule has 2 rings (SSSR count). The number of fused-ring (bicyclic) bond motifs is 1. The van der Waals surface area contributed by atoms with Crippen LogP contribution >= 0.6 is 0 Å². The maximum absolute atomic E-state index is 5.35. The zero-order valence-electron chi connectivity index (χ0n) is 4.39. The molecule has 1 aliphatic heterocycles. The fraction of sp³-hybridized carbons (Fsp3) is 1.00. The Balaban J connectivity index is 2.03. The summed E-state index contributed by atoms with van der Waals surface area (Å²) in [6.07, 6.45) is 4.81. The zero-order valence-corrected chi connectivity index (χ0v) is 4.39. The summed E-state index contributed by atoms with van der Waals surface area (Å²) < 4.78 is 5.35. The van der Waals surface area contributed by atoms with Crippen LogP contribution in [-0.4, -0.2) is 12.7 Å². The van der Waals surface area contributed by atoms with Crippen LogP contribution in [0.2, 0.25) is 0 Å². The highest BCUT2D eigenvalue weighted by atomic mass is 16.5. The van der Waals surface area contributed by atoms with Crippen LogP contribution in [0.4, 0.5) is 0 Å². The van der Waals surface area contributed by atoms with Crippen molar-refractivity contribution in [3.63, 3.8) is 0 Å². The van der Waals surface area contributed by atoms with Crippen LogP contribution in [0.25, 0.3) is 0 Å². The van der Waals surface area contributed by atoms with Crippen LogP contribution in [0, 0.1) is 5.92 Å². The minimum Gasteiger partial charge on any atom is -0.378 e. The van der Waals surface area contributed by atoms with E-state index in [-0.39, 0.29) is 0 Å². The SMILES string of the molecule is C1C[C@@H]2CC[C@@H]2O1. The van der Waals surface area contributed by atoms with E-state index in [1.165, 1.54) is 19.3 Å². The molecule has 0 aromatic carbocycles. The third-order valence-corrected chi connectivity index (χ3v) is 2.17. The molecular formula is C6H10O. The molecule has 1 saturated heterocycles. The van der Waals surface area contributed by atoms with Crippen molar-refractivity contribution in [1.82, 2.24) is 0 Å². The smallest absolute Gasteiger partial charge is 0.0604 e. The topological polar surface area (TPSA) is 9.23 Å². The van der Waals surface area contributed by atoms with E-state index in [2.05, 4.69) is 0 Å². The Labute approximate surface area is 43.7 Å². The van der Waals surface area contributed by atoms with E-state index in [1.54, 1.807) is 0 Å². The van der Waals surface area contributed by atoms with Crippen LogP contribution in [0.5, 0.6) is 0 Å². The molecule has 0 radical (unpaired) electrons. The molecule has 2 atom stereocenters. The van der Waals surface area contributed by atoms with Gasteiger partial charge in [-0.15, -0.1) is 0 Å². The number of hydrogen-bond donors (Lipinski definition) is 0. The van der Waals surface area contributed by atoms with E-state index in [9.17, 15) is 0 Å². The quantitative estimate of drug-likeness (QED) is 0.442. The van der Waals surface area contributed by atoms with Gasteiger partial charge in [-0.3, -0.25) is 0 Å². The van der Waals surface area contributed by atoms with Crippen molar-refractivity contribution in [2.24, 2.45) is 5.92 Å². The third-order valence-electron chi connectivity index (χ3n) is 2.17. The maximum atomic E-state index is 5.35. The van der Waals surface area contributed by atoms with E-state index in [1.807, 2.05) is 0 Å². The van der Waals surface area contributed by atoms with Gasteiger partial charge in [-0.25, -0.2) is 0 Å². The Morgan fingerprint density at radius 2 is 2.14 bits per heavy atom. The van der Waals surface area contributed by atoms with Crippen molar-refractivity contribution in [3.05, 3.63) is 0 Å². The molecule has 1 saturated carbocycles. The van der Waals surface area contributed by atoms with Gasteiger partial charge in [0, 0.05) is 6.61 Å². The monoisotopic (exact) mass is 98.1 g/mol. The van der Waals surface area contributed by atoms with Crippen LogP contribution in [-0.2, 0) is 4.74 Å². The first-order valence-corrected chi connectivity index (χ1v) is 3.08. The van der Waals surface area contributed by atoms with Crippen molar-refractivity contribution >= 4 is 0 Å². The van der Waals surface area contributed by atoms with Gasteiger partial charge in [0.15, 0.2) is 0 Å². The highest BCUT2D eigenvalue weighted by Crippen LogP contribution is 2.37. The molecule has 1 aliphatic carbocycles. The predicted molar refractivity (Wildman–Crippen MR) is 27.1 cm³/mol. The van der Waals surface area contributed by atoms with Gasteiger partial charge in [-0.1, -0.05) is 0 Å². The fourth-order valence-electron chi connectivity index (χ4n) is 1.46. The zero-order chi connectivity index (χ0) is 4.69. The molecule has 2 fully saturated rings. The predicted octanol–water partition coefficient (Wildman–Crippen LogP) is 1.19. The van der Waals surface area contributed by atoms with Gasteiger partial charge in [-0.2, -0.15) is 0 Å². The summed E-state index contributed by atoms with van der Waals surface area (Å²) in [7, 11) is 0. The van der Waals surface area contributed by atoms with Crippen LogP contribution in [0.15, 0.2) is 0 Å². The van der Waals surface area contributed by atoms with Gasteiger partial charge in [0.05, 0.1) is 6.10 Å². The normalized spacial score (nSPS) is 48.0. The molecule has 0 spiro atoms. The summed E-state index contributed by atoms with van der Waals surface area (Å²) in [5.41, 5.74) is 0. The van der Waals surface area contributed by atoms with E-state index >= 15 is 0 Å². The first-order chi connectivity index (χ1) is 3.47. The van der Waals surface area contributed by atoms with Gasteiger partial charge in [0.1, 0.15) is 0 Å². The van der Waals surface area contributed by atoms with Gasteiger partial charge in [0.25, 0.3) is 0 Å². The molecule has 0 unspecified atom stereocenters. The molecule has 40 valence electrons. The van der Waals surface area contributed by atoms with E-state index < -0.39 is 0 Å². The van der Waals surface area contributed by atoms with Crippen LogP contribution in [0.3, 0.4) is 0 Å². The van der Waals surface area contributed by atoms with Crippen molar-refractivity contribution in [3.8, 4) is 0 Å². The molecule has 1 heteroatoms. The summed E-state index contributed by atoms with van der Waals surface area (Å²) in [4.78, 5) is 0. The Morgan fingerprint density at radius 1 is 1.14 bits per heavy atom. The average molecular weight is 98.1 g/mol. The molecule has 1 nitrogen and oxygen atoms in total. The van der Waals surface area contributed by atoms with Gasteiger partial charge < -0.3 is 4.74 Å². The molecular weight excluding hydrogens is 88.1 g/mol. The standard InChI is InChI=1S/C6H10O/c1-2-6-5(1)3-4-7-6/h5-6H,1-4H2/t5-,6-/m0/s1. The maximum Gasteiger partial charge on any atom is 0.0604 e. The third kappa shape index (κ3) is 0.418. The molecule has 0 amide bonds. The molecule has 0 aromatic heterocycles. The Kier molecular flexibility index (Phi) is 0.680. The second-order valence-corrected chi connectivity index (χ2v) is 2.54. The largest absolute Gasteiger partial charge is 0.378 e. The highest BCUT2D eigenvalue weighted by Gasteiger charge is 2.35. The van der Waals surface area contributed by atoms with Gasteiger partial charge in [0.2, 0.25) is 0 Å². The molecule has 0 aromatic rings. The second kappa shape index (κ2) is 1.22. The lowest BCUT2D eigenvalue weighted by molar-refractivity contribution is 0.0340. The first-order valence-electron chi connectivity index (χ1n) is 3.08. The van der Waals surface area contributed by atoms with Crippen molar-refractivity contribution in [2.75, 3.05) is 6.61 Å². The highest BCUT2D eigenvalue weighted by molar-refractivity contribution is 4.85. The second-order valence-electron chi connectivity index (χ2n) is 2.54. The lowest BCUT2D eigenvalue weighted by atomic mass is 9.82. The summed E-state index contributed by atoms with van der Waals surface area (Å²) >= 11 is 0. The van der Waals surface area contributed by atoms with E-state index in [0.29, 0.717) is 6.10 Å². The summed E-state index contributed by atoms with van der Waals surface area (Å²) in [5.74, 6) is 0.972. The van der Waals surface area contributed by atoms with Crippen molar-refractivity contribution < 1.29 is 4.74 Å². The first kappa shape index (κ1) is 3.90. The lowest BCUT2D eigenvalue weighted by Crippen LogP contribution is -2.26. The minimum absolute atomic E-state index is 0.694. The van der Waals surface area contributed by atoms with E-state index in [0.717, 1.165) is 12.5 Å². The van der Waals surface area contributed by atoms with Crippen molar-refractivity contribution in [1.29, 1.82) is 0 Å². The molecule has 0 N–H and O–H groups in total. The van der Waals surface area contributed by atoms with E-state index in [4.69, 9.17) is 4.74 Å².